The van der Waals surface area contributed by atoms with Gasteiger partial charge in [0.1, 0.15) is 5.69 Å². The van der Waals surface area contributed by atoms with Crippen LogP contribution in [0.1, 0.15) is 47.2 Å². The molecule has 1 aromatic carbocycles. The number of ketones is 1. The van der Waals surface area contributed by atoms with Crippen molar-refractivity contribution >= 4 is 28.2 Å². The van der Waals surface area contributed by atoms with Gasteiger partial charge in [-0.1, -0.05) is 18.2 Å². The van der Waals surface area contributed by atoms with Crippen LogP contribution in [0, 0.1) is 0 Å². The number of hydrogen-bond donors (Lipinski definition) is 1. The van der Waals surface area contributed by atoms with Gasteiger partial charge in [0.2, 0.25) is 5.91 Å². The van der Waals surface area contributed by atoms with Crippen LogP contribution in [0.25, 0.3) is 11.4 Å². The summed E-state index contributed by atoms with van der Waals surface area (Å²) < 4.78 is 0. The topological polar surface area (TPSA) is 72.0 Å². The first-order chi connectivity index (χ1) is 13.7. The van der Waals surface area contributed by atoms with Crippen LogP contribution in [0.5, 0.6) is 0 Å². The molecule has 2 heterocycles. The number of nitrogens with one attached hydrogen (secondary N) is 1. The first-order valence-electron chi connectivity index (χ1n) is 9.51. The van der Waals surface area contributed by atoms with Gasteiger partial charge in [0.15, 0.2) is 10.9 Å². The van der Waals surface area contributed by atoms with E-state index < -0.39 is 0 Å². The van der Waals surface area contributed by atoms with Gasteiger partial charge < -0.3 is 5.32 Å². The van der Waals surface area contributed by atoms with Crippen LogP contribution in [0.15, 0.2) is 48.0 Å². The first-order valence-corrected chi connectivity index (χ1v) is 10.4. The van der Waals surface area contributed by atoms with E-state index in [-0.39, 0.29) is 24.5 Å². The summed E-state index contributed by atoms with van der Waals surface area (Å²) in [7, 11) is 0. The number of aryl methyl sites for hydroxylation is 2. The zero-order chi connectivity index (χ0) is 19.3. The van der Waals surface area contributed by atoms with Crippen molar-refractivity contribution in [2.45, 2.75) is 38.5 Å². The summed E-state index contributed by atoms with van der Waals surface area (Å²) in [6.07, 6.45) is 6.59. The maximum absolute atomic E-state index is 12.5. The molecule has 1 N–H and O–H groups in total. The minimum absolute atomic E-state index is 0.0110. The third-order valence-corrected chi connectivity index (χ3v) is 5.69. The lowest BCUT2D eigenvalue weighted by atomic mass is 9.89. The summed E-state index contributed by atoms with van der Waals surface area (Å²) in [5.74, 6) is -0.190. The molecule has 5 nitrogen and oxygen atoms in total. The molecule has 0 saturated carbocycles. The van der Waals surface area contributed by atoms with Crippen molar-refractivity contribution in [3.8, 4) is 11.4 Å². The van der Waals surface area contributed by atoms with Crippen molar-refractivity contribution in [3.05, 3.63) is 64.7 Å². The van der Waals surface area contributed by atoms with Gasteiger partial charge in [0.05, 0.1) is 5.69 Å². The monoisotopic (exact) mass is 391 g/mol. The molecule has 0 saturated heterocycles. The van der Waals surface area contributed by atoms with Crippen LogP contribution >= 0.6 is 11.3 Å². The molecule has 28 heavy (non-hydrogen) atoms. The van der Waals surface area contributed by atoms with Gasteiger partial charge in [0, 0.05) is 30.0 Å². The summed E-state index contributed by atoms with van der Waals surface area (Å²) in [5, 5.41) is 5.15. The van der Waals surface area contributed by atoms with Crippen LogP contribution in [-0.4, -0.2) is 21.7 Å². The fraction of sp³-hybridized carbons (Fsp3) is 0.273. The van der Waals surface area contributed by atoms with E-state index in [4.69, 9.17) is 0 Å². The van der Waals surface area contributed by atoms with Gasteiger partial charge in [-0.25, -0.2) is 4.98 Å². The van der Waals surface area contributed by atoms with Gasteiger partial charge in [-0.3, -0.25) is 14.6 Å². The van der Waals surface area contributed by atoms with E-state index in [1.54, 1.807) is 6.20 Å². The second kappa shape index (κ2) is 8.44. The average molecular weight is 391 g/mol. The maximum Gasteiger partial charge on any atom is 0.226 e. The van der Waals surface area contributed by atoms with Crippen LogP contribution in [0.2, 0.25) is 0 Å². The SMILES string of the molecule is O=C(CCC(=O)c1ccc2c(c1)CCCC2)Nc1nc(-c2ccccn2)cs1. The van der Waals surface area contributed by atoms with Crippen LogP contribution in [-0.2, 0) is 17.6 Å². The van der Waals surface area contributed by atoms with E-state index >= 15 is 0 Å². The Bertz CT molecular complexity index is 998. The molecule has 0 aliphatic heterocycles. The van der Waals surface area contributed by atoms with Gasteiger partial charge in [-0.2, -0.15) is 0 Å². The first kappa shape index (κ1) is 18.5. The number of anilines is 1. The molecular weight excluding hydrogens is 370 g/mol. The van der Waals surface area contributed by atoms with Gasteiger partial charge in [-0.15, -0.1) is 11.3 Å². The molecule has 3 aromatic rings. The minimum atomic E-state index is -0.201. The molecule has 0 spiro atoms. The number of aromatic nitrogens is 2. The lowest BCUT2D eigenvalue weighted by Gasteiger charge is -2.16. The molecule has 4 rings (SSSR count). The van der Waals surface area contributed by atoms with E-state index in [2.05, 4.69) is 21.4 Å². The Labute approximate surface area is 167 Å². The molecule has 2 aromatic heterocycles. The zero-order valence-electron chi connectivity index (χ0n) is 15.5. The van der Waals surface area contributed by atoms with E-state index in [1.165, 1.54) is 35.3 Å². The molecule has 142 valence electrons. The summed E-state index contributed by atoms with van der Waals surface area (Å²) in [6, 6.07) is 11.6. The molecule has 0 fully saturated rings. The van der Waals surface area contributed by atoms with E-state index in [0.717, 1.165) is 24.2 Å². The molecule has 6 heteroatoms. The third-order valence-electron chi connectivity index (χ3n) is 4.93. The predicted molar refractivity (Wildman–Crippen MR) is 111 cm³/mol. The predicted octanol–water partition coefficient (Wildman–Crippen LogP) is 4.69. The molecule has 1 aliphatic rings. The Balaban J connectivity index is 1.32. The number of benzene rings is 1. The average Bonchev–Trinajstić information content (AvgIpc) is 3.20. The Hall–Kier alpha value is -2.86. The van der Waals surface area contributed by atoms with Crippen molar-refractivity contribution < 1.29 is 9.59 Å². The number of amides is 1. The smallest absolute Gasteiger partial charge is 0.226 e. The second-order valence-corrected chi connectivity index (χ2v) is 7.77. The number of fused-ring (bicyclic) bond motifs is 1. The summed E-state index contributed by atoms with van der Waals surface area (Å²) in [4.78, 5) is 33.3. The number of rotatable bonds is 6. The highest BCUT2D eigenvalue weighted by molar-refractivity contribution is 7.14. The molecule has 0 bridgehead atoms. The molecule has 0 atom stereocenters. The van der Waals surface area contributed by atoms with Crippen molar-refractivity contribution in [1.29, 1.82) is 0 Å². The number of hydrogen-bond acceptors (Lipinski definition) is 5. The number of carbonyl (C=O) groups is 2. The van der Waals surface area contributed by atoms with Crippen molar-refractivity contribution in [2.24, 2.45) is 0 Å². The fourth-order valence-corrected chi connectivity index (χ4v) is 4.14. The minimum Gasteiger partial charge on any atom is -0.302 e. The Morgan fingerprint density at radius 2 is 1.86 bits per heavy atom. The maximum atomic E-state index is 12.5. The molecule has 0 radical (unpaired) electrons. The zero-order valence-corrected chi connectivity index (χ0v) is 16.3. The number of Topliss-reactive ketones (excluding diaryl/α,β-unsaturated/α-hetero) is 1. The Kier molecular flexibility index (Phi) is 5.58. The summed E-state index contributed by atoms with van der Waals surface area (Å²) >= 11 is 1.35. The number of thiazole rings is 1. The Morgan fingerprint density at radius 3 is 2.68 bits per heavy atom. The molecular formula is C22H21N3O2S. The highest BCUT2D eigenvalue weighted by Crippen LogP contribution is 2.24. The standard InChI is InChI=1S/C22H21N3O2S/c26-20(17-9-8-15-5-1-2-6-16(15)13-17)10-11-21(27)25-22-24-19(14-28-22)18-7-3-4-12-23-18/h3-4,7-9,12-14H,1-2,5-6,10-11H2,(H,24,25,27). The van der Waals surface area contributed by atoms with Crippen LogP contribution < -0.4 is 5.32 Å². The van der Waals surface area contributed by atoms with Gasteiger partial charge in [-0.05, 0) is 55.0 Å². The lowest BCUT2D eigenvalue weighted by molar-refractivity contribution is -0.116. The summed E-state index contributed by atoms with van der Waals surface area (Å²) in [6.45, 7) is 0. The van der Waals surface area contributed by atoms with Crippen molar-refractivity contribution in [2.75, 3.05) is 5.32 Å². The summed E-state index contributed by atoms with van der Waals surface area (Å²) in [5.41, 5.74) is 4.84. The normalized spacial score (nSPS) is 13.0. The Morgan fingerprint density at radius 1 is 1.00 bits per heavy atom. The lowest BCUT2D eigenvalue weighted by Crippen LogP contribution is -2.14. The molecule has 0 unspecified atom stereocenters. The molecule has 1 amide bonds. The van der Waals surface area contributed by atoms with Gasteiger partial charge in [0.25, 0.3) is 0 Å². The van der Waals surface area contributed by atoms with Crippen LogP contribution in [0.3, 0.4) is 0 Å². The number of pyridine rings is 1. The molecule has 1 aliphatic carbocycles. The quantitative estimate of drug-likeness (QED) is 0.619. The number of nitrogens with zero attached hydrogens (tertiary/aromatic N) is 2. The van der Waals surface area contributed by atoms with Crippen molar-refractivity contribution in [3.63, 3.8) is 0 Å². The van der Waals surface area contributed by atoms with E-state index in [1.807, 2.05) is 35.7 Å². The van der Waals surface area contributed by atoms with Gasteiger partial charge >= 0.3 is 0 Å². The fourth-order valence-electron chi connectivity index (χ4n) is 3.42. The third kappa shape index (κ3) is 4.34. The largest absolute Gasteiger partial charge is 0.302 e. The number of carbonyl (C=O) groups excluding carboxylic acids is 2. The van der Waals surface area contributed by atoms with E-state index in [9.17, 15) is 9.59 Å². The highest BCUT2D eigenvalue weighted by atomic mass is 32.1. The van der Waals surface area contributed by atoms with Crippen molar-refractivity contribution in [1.82, 2.24) is 9.97 Å². The van der Waals surface area contributed by atoms with Crippen LogP contribution in [0.4, 0.5) is 5.13 Å². The highest BCUT2D eigenvalue weighted by Gasteiger charge is 2.15. The van der Waals surface area contributed by atoms with E-state index in [0.29, 0.717) is 10.7 Å². The second-order valence-electron chi connectivity index (χ2n) is 6.91.